The Morgan fingerprint density at radius 1 is 1.50 bits per heavy atom. The zero-order valence-corrected chi connectivity index (χ0v) is 11.5. The number of carbonyl (C=O) groups excluding carboxylic acids is 1. The molecular weight excluding hydrogens is 342 g/mol. The Hall–Kier alpha value is -1.08. The highest BCUT2D eigenvalue weighted by atomic mass is 79.9. The largest absolute Gasteiger partial charge is 0.496 e. The van der Waals surface area contributed by atoms with Crippen LogP contribution in [0.3, 0.4) is 0 Å². The zero-order valence-electron chi connectivity index (χ0n) is 8.33. The van der Waals surface area contributed by atoms with Crippen LogP contribution in [0.1, 0.15) is 5.56 Å². The van der Waals surface area contributed by atoms with Crippen molar-refractivity contribution in [3.8, 4) is 5.75 Å². The number of nitrogens with zero attached hydrogens (tertiary/aromatic N) is 1. The van der Waals surface area contributed by atoms with Crippen molar-refractivity contribution in [1.29, 1.82) is 0 Å². The highest BCUT2D eigenvalue weighted by Crippen LogP contribution is 2.30. The van der Waals surface area contributed by atoms with Crippen LogP contribution < -0.4 is 15.9 Å². The van der Waals surface area contributed by atoms with Crippen LogP contribution in [-0.2, 0) is 0 Å². The van der Waals surface area contributed by atoms with Gasteiger partial charge in [-0.15, -0.1) is 0 Å². The summed E-state index contributed by atoms with van der Waals surface area (Å²) in [5, 5.41) is 3.66. The SMILES string of the molecule is COc1cc(C=NNC(N)=O)c(Br)cc1Br. The van der Waals surface area contributed by atoms with Gasteiger partial charge < -0.3 is 10.5 Å². The van der Waals surface area contributed by atoms with Crippen molar-refractivity contribution >= 4 is 44.1 Å². The second-order valence-corrected chi connectivity index (χ2v) is 4.45. The summed E-state index contributed by atoms with van der Waals surface area (Å²) in [6.45, 7) is 0. The first kappa shape index (κ1) is 13.0. The standard InChI is InChI=1S/C9H9Br2N3O2/c1-16-8-2-5(4-13-14-9(12)15)6(10)3-7(8)11/h2-4H,1H3,(H3,12,14,15). The Morgan fingerprint density at radius 2 is 2.19 bits per heavy atom. The number of carbonyl (C=O) groups is 1. The molecule has 0 atom stereocenters. The lowest BCUT2D eigenvalue weighted by Crippen LogP contribution is -2.24. The minimum Gasteiger partial charge on any atom is -0.496 e. The number of hydrogen-bond donors (Lipinski definition) is 2. The average Bonchev–Trinajstić information content (AvgIpc) is 2.20. The van der Waals surface area contributed by atoms with E-state index in [4.69, 9.17) is 10.5 Å². The minimum absolute atomic E-state index is 0.670. The van der Waals surface area contributed by atoms with Gasteiger partial charge in [-0.25, -0.2) is 10.2 Å². The summed E-state index contributed by atoms with van der Waals surface area (Å²) in [7, 11) is 1.57. The summed E-state index contributed by atoms with van der Waals surface area (Å²) in [6, 6.07) is 2.88. The lowest BCUT2D eigenvalue weighted by molar-refractivity contribution is 0.249. The van der Waals surface area contributed by atoms with Gasteiger partial charge in [-0.05, 0) is 28.1 Å². The minimum atomic E-state index is -0.712. The Balaban J connectivity index is 2.95. The molecular formula is C9H9Br2N3O2. The van der Waals surface area contributed by atoms with Gasteiger partial charge in [0.05, 0.1) is 17.8 Å². The van der Waals surface area contributed by atoms with Crippen molar-refractivity contribution in [3.05, 3.63) is 26.6 Å². The molecule has 7 heteroatoms. The van der Waals surface area contributed by atoms with Crippen molar-refractivity contribution in [3.63, 3.8) is 0 Å². The predicted octanol–water partition coefficient (Wildman–Crippen LogP) is 2.22. The molecule has 1 rings (SSSR count). The second kappa shape index (κ2) is 5.86. The fraction of sp³-hybridized carbons (Fsp3) is 0.111. The van der Waals surface area contributed by atoms with Crippen molar-refractivity contribution in [2.24, 2.45) is 10.8 Å². The Bertz CT molecular complexity index is 435. The van der Waals surface area contributed by atoms with Gasteiger partial charge in [-0.2, -0.15) is 5.10 Å². The Kier molecular flexibility index (Phi) is 4.75. The molecule has 0 radical (unpaired) electrons. The van der Waals surface area contributed by atoms with E-state index in [1.165, 1.54) is 6.21 Å². The topological polar surface area (TPSA) is 76.7 Å². The first-order valence-electron chi connectivity index (χ1n) is 4.16. The number of nitrogens with two attached hydrogens (primary N) is 1. The van der Waals surface area contributed by atoms with E-state index >= 15 is 0 Å². The van der Waals surface area contributed by atoms with Gasteiger partial charge in [0.2, 0.25) is 0 Å². The smallest absolute Gasteiger partial charge is 0.332 e. The number of benzene rings is 1. The highest BCUT2D eigenvalue weighted by molar-refractivity contribution is 9.11. The maximum atomic E-state index is 10.4. The molecule has 5 nitrogen and oxygen atoms in total. The fourth-order valence-electron chi connectivity index (χ4n) is 0.966. The molecule has 0 unspecified atom stereocenters. The quantitative estimate of drug-likeness (QED) is 0.647. The van der Waals surface area contributed by atoms with Crippen molar-refractivity contribution in [2.45, 2.75) is 0 Å². The maximum Gasteiger partial charge on any atom is 0.332 e. The van der Waals surface area contributed by atoms with Crippen molar-refractivity contribution < 1.29 is 9.53 Å². The third-order valence-corrected chi connectivity index (χ3v) is 2.96. The molecule has 0 heterocycles. The van der Waals surface area contributed by atoms with Crippen LogP contribution in [0.2, 0.25) is 0 Å². The van der Waals surface area contributed by atoms with Crippen LogP contribution in [0.25, 0.3) is 0 Å². The summed E-state index contributed by atoms with van der Waals surface area (Å²) < 4.78 is 6.76. The van der Waals surface area contributed by atoms with Crippen LogP contribution >= 0.6 is 31.9 Å². The van der Waals surface area contributed by atoms with Gasteiger partial charge >= 0.3 is 6.03 Å². The first-order chi connectivity index (χ1) is 7.54. The van der Waals surface area contributed by atoms with E-state index in [1.54, 1.807) is 13.2 Å². The lowest BCUT2D eigenvalue weighted by atomic mass is 10.2. The molecule has 1 aromatic rings. The van der Waals surface area contributed by atoms with E-state index in [9.17, 15) is 4.79 Å². The number of methoxy groups -OCH3 is 1. The van der Waals surface area contributed by atoms with Gasteiger partial charge in [0.15, 0.2) is 0 Å². The Morgan fingerprint density at radius 3 is 2.75 bits per heavy atom. The molecule has 0 aliphatic heterocycles. The molecule has 16 heavy (non-hydrogen) atoms. The van der Waals surface area contributed by atoms with Crippen molar-refractivity contribution in [1.82, 2.24) is 5.43 Å². The van der Waals surface area contributed by atoms with E-state index in [1.807, 2.05) is 6.07 Å². The zero-order chi connectivity index (χ0) is 12.1. The van der Waals surface area contributed by atoms with Gasteiger partial charge in [0, 0.05) is 10.0 Å². The molecule has 2 amide bonds. The number of primary amides is 1. The van der Waals surface area contributed by atoms with Gasteiger partial charge in [-0.1, -0.05) is 15.9 Å². The van der Waals surface area contributed by atoms with Crippen LogP contribution in [0.15, 0.2) is 26.2 Å². The van der Waals surface area contributed by atoms with E-state index < -0.39 is 6.03 Å². The number of rotatable bonds is 3. The number of urea groups is 1. The summed E-state index contributed by atoms with van der Waals surface area (Å²) in [6.07, 6.45) is 1.46. The van der Waals surface area contributed by atoms with E-state index in [0.29, 0.717) is 5.75 Å². The highest BCUT2D eigenvalue weighted by Gasteiger charge is 2.05. The third kappa shape index (κ3) is 3.49. The van der Waals surface area contributed by atoms with Crippen LogP contribution in [-0.4, -0.2) is 19.4 Å². The molecule has 0 aliphatic carbocycles. The van der Waals surface area contributed by atoms with Crippen LogP contribution in [0.4, 0.5) is 4.79 Å². The van der Waals surface area contributed by atoms with Gasteiger partial charge in [0.25, 0.3) is 0 Å². The molecule has 0 saturated carbocycles. The average molecular weight is 351 g/mol. The maximum absolute atomic E-state index is 10.4. The number of ether oxygens (including phenoxy) is 1. The van der Waals surface area contributed by atoms with E-state index in [0.717, 1.165) is 14.5 Å². The molecule has 86 valence electrons. The molecule has 0 spiro atoms. The normalized spacial score (nSPS) is 10.4. The molecule has 0 aliphatic rings. The molecule has 0 aromatic heterocycles. The Labute approximate surface area is 109 Å². The number of hydrazone groups is 1. The fourth-order valence-corrected chi connectivity index (χ4v) is 2.22. The lowest BCUT2D eigenvalue weighted by Gasteiger charge is -2.06. The van der Waals surface area contributed by atoms with E-state index in [2.05, 4.69) is 42.4 Å². The molecule has 1 aromatic carbocycles. The monoisotopic (exact) mass is 349 g/mol. The number of nitrogens with one attached hydrogen (secondary N) is 1. The summed E-state index contributed by atoms with van der Waals surface area (Å²) in [5.74, 6) is 0.670. The molecule has 0 fully saturated rings. The summed E-state index contributed by atoms with van der Waals surface area (Å²) >= 11 is 6.70. The number of halogens is 2. The first-order valence-corrected chi connectivity index (χ1v) is 5.74. The van der Waals surface area contributed by atoms with E-state index in [-0.39, 0.29) is 0 Å². The second-order valence-electron chi connectivity index (χ2n) is 2.74. The summed E-state index contributed by atoms with van der Waals surface area (Å²) in [4.78, 5) is 10.4. The predicted molar refractivity (Wildman–Crippen MR) is 68.7 cm³/mol. The van der Waals surface area contributed by atoms with Gasteiger partial charge in [0.1, 0.15) is 5.75 Å². The van der Waals surface area contributed by atoms with Gasteiger partial charge in [-0.3, -0.25) is 0 Å². The van der Waals surface area contributed by atoms with Crippen LogP contribution in [0.5, 0.6) is 5.75 Å². The number of amides is 2. The van der Waals surface area contributed by atoms with Crippen LogP contribution in [0, 0.1) is 0 Å². The number of hydrogen-bond acceptors (Lipinski definition) is 3. The molecule has 3 N–H and O–H groups in total. The summed E-state index contributed by atoms with van der Waals surface area (Å²) in [5.41, 5.74) is 7.73. The third-order valence-electron chi connectivity index (χ3n) is 1.65. The molecule has 0 bridgehead atoms. The van der Waals surface area contributed by atoms with Crippen molar-refractivity contribution in [2.75, 3.05) is 7.11 Å². The molecule has 0 saturated heterocycles.